The molecule has 0 aromatic heterocycles. The number of carboxylic acid groups (broad SMARTS) is 1. The summed E-state index contributed by atoms with van der Waals surface area (Å²) >= 11 is 0. The molecule has 0 spiro atoms. The van der Waals surface area contributed by atoms with E-state index in [1.165, 1.54) is 64.5 Å². The normalized spacial score (nSPS) is 9.59. The Morgan fingerprint density at radius 3 is 1.53 bits per heavy atom. The van der Waals surface area contributed by atoms with E-state index >= 15 is 0 Å². The summed E-state index contributed by atoms with van der Waals surface area (Å²) in [5.74, 6) is -0.833. The van der Waals surface area contributed by atoms with E-state index in [-0.39, 0.29) is 0 Å². The van der Waals surface area contributed by atoms with Gasteiger partial charge in [-0.15, -0.1) is 0 Å². The third-order valence-corrected chi connectivity index (χ3v) is 2.41. The number of unbranched alkanes of at least 4 members (excludes halogenated alkanes) is 6. The summed E-state index contributed by atoms with van der Waals surface area (Å²) in [4.78, 5) is 9.00. The first kappa shape index (κ1) is 18.8. The predicted octanol–water partition coefficient (Wildman–Crippen LogP) is 3.83. The largest absolute Gasteiger partial charge is 0.481 e. The van der Waals surface area contributed by atoms with Gasteiger partial charge in [0.25, 0.3) is 5.97 Å². The zero-order valence-corrected chi connectivity index (χ0v) is 11.9. The highest BCUT2D eigenvalue weighted by molar-refractivity contribution is 5.62. The predicted molar refractivity (Wildman–Crippen MR) is 74.5 cm³/mol. The summed E-state index contributed by atoms with van der Waals surface area (Å²) < 4.78 is 0. The van der Waals surface area contributed by atoms with E-state index in [2.05, 4.69) is 19.2 Å². The van der Waals surface area contributed by atoms with Gasteiger partial charge in [-0.1, -0.05) is 52.4 Å². The molecule has 3 heteroatoms. The molecule has 2 N–H and O–H groups in total. The Kier molecular flexibility index (Phi) is 19.7. The average molecular weight is 245 g/mol. The van der Waals surface area contributed by atoms with E-state index in [1.54, 1.807) is 0 Å². The topological polar surface area (TPSA) is 49.3 Å². The van der Waals surface area contributed by atoms with Crippen LogP contribution in [-0.2, 0) is 4.79 Å². The summed E-state index contributed by atoms with van der Waals surface area (Å²) in [6.45, 7) is 8.06. The van der Waals surface area contributed by atoms with Crippen LogP contribution >= 0.6 is 0 Å². The third kappa shape index (κ3) is 31.3. The van der Waals surface area contributed by atoms with Gasteiger partial charge in [-0.3, -0.25) is 4.79 Å². The first-order valence-corrected chi connectivity index (χ1v) is 7.05. The molecule has 0 aliphatic carbocycles. The van der Waals surface area contributed by atoms with E-state index in [0.29, 0.717) is 0 Å². The minimum absolute atomic E-state index is 0.833. The first-order chi connectivity index (χ1) is 8.15. The van der Waals surface area contributed by atoms with Gasteiger partial charge in [0.15, 0.2) is 0 Å². The van der Waals surface area contributed by atoms with Crippen molar-refractivity contribution in [3.8, 4) is 0 Å². The van der Waals surface area contributed by atoms with E-state index in [9.17, 15) is 0 Å². The molecule has 0 saturated heterocycles. The summed E-state index contributed by atoms with van der Waals surface area (Å²) in [5.41, 5.74) is 0. The molecule has 0 fully saturated rings. The molecule has 3 nitrogen and oxygen atoms in total. The molecule has 17 heavy (non-hydrogen) atoms. The van der Waals surface area contributed by atoms with Crippen LogP contribution in [0.1, 0.15) is 72.1 Å². The highest BCUT2D eigenvalue weighted by atomic mass is 16.4. The summed E-state index contributed by atoms with van der Waals surface area (Å²) in [7, 11) is 0. The van der Waals surface area contributed by atoms with Crippen LogP contribution in [0.2, 0.25) is 0 Å². The molecule has 0 aliphatic rings. The lowest BCUT2D eigenvalue weighted by molar-refractivity contribution is -0.134. The Labute approximate surface area is 107 Å². The summed E-state index contributed by atoms with van der Waals surface area (Å²) in [5, 5.41) is 10.9. The fourth-order valence-corrected chi connectivity index (χ4v) is 1.48. The van der Waals surface area contributed by atoms with Gasteiger partial charge < -0.3 is 10.4 Å². The van der Waals surface area contributed by atoms with Crippen LogP contribution in [0.25, 0.3) is 0 Å². The van der Waals surface area contributed by atoms with Gasteiger partial charge >= 0.3 is 0 Å². The standard InChI is InChI=1S/C12H27N.C2H4O2/c1-3-5-7-9-11-13-12-10-8-6-4-2;1-2(3)4/h13H,3-12H2,1-2H3;1H3,(H,3,4). The van der Waals surface area contributed by atoms with E-state index in [1.807, 2.05) is 0 Å². The van der Waals surface area contributed by atoms with Crippen molar-refractivity contribution >= 4 is 5.97 Å². The Balaban J connectivity index is 0. The highest BCUT2D eigenvalue weighted by Crippen LogP contribution is 1.98. The van der Waals surface area contributed by atoms with Crippen LogP contribution in [0.15, 0.2) is 0 Å². The molecule has 0 bridgehead atoms. The molecule has 0 aliphatic heterocycles. The maximum absolute atomic E-state index is 9.00. The molecule has 0 aromatic rings. The van der Waals surface area contributed by atoms with Crippen LogP contribution in [0, 0.1) is 0 Å². The smallest absolute Gasteiger partial charge is 0.300 e. The van der Waals surface area contributed by atoms with Crippen molar-refractivity contribution in [2.45, 2.75) is 72.1 Å². The van der Waals surface area contributed by atoms with Gasteiger partial charge in [-0.2, -0.15) is 0 Å². The van der Waals surface area contributed by atoms with Crippen molar-refractivity contribution in [3.63, 3.8) is 0 Å². The maximum atomic E-state index is 9.00. The van der Waals surface area contributed by atoms with Crippen molar-refractivity contribution < 1.29 is 9.90 Å². The fourth-order valence-electron chi connectivity index (χ4n) is 1.48. The van der Waals surface area contributed by atoms with Crippen molar-refractivity contribution in [2.24, 2.45) is 0 Å². The second-order valence-electron chi connectivity index (χ2n) is 4.39. The molecule has 104 valence electrons. The van der Waals surface area contributed by atoms with Gasteiger partial charge in [0.1, 0.15) is 0 Å². The number of rotatable bonds is 10. The molecule has 0 atom stereocenters. The molecule has 0 heterocycles. The molecular weight excluding hydrogens is 214 g/mol. The molecular formula is C14H31NO2. The van der Waals surface area contributed by atoms with Gasteiger partial charge in [-0.25, -0.2) is 0 Å². The highest BCUT2D eigenvalue weighted by Gasteiger charge is 1.89. The van der Waals surface area contributed by atoms with Crippen molar-refractivity contribution in [1.29, 1.82) is 0 Å². The Morgan fingerprint density at radius 2 is 1.24 bits per heavy atom. The van der Waals surface area contributed by atoms with Gasteiger partial charge in [0.2, 0.25) is 0 Å². The lowest BCUT2D eigenvalue weighted by atomic mass is 10.2. The number of nitrogens with one attached hydrogen (secondary N) is 1. The van der Waals surface area contributed by atoms with Crippen molar-refractivity contribution in [2.75, 3.05) is 13.1 Å². The third-order valence-electron chi connectivity index (χ3n) is 2.41. The zero-order chi connectivity index (χ0) is 13.4. The van der Waals surface area contributed by atoms with Crippen LogP contribution in [-0.4, -0.2) is 24.2 Å². The Morgan fingerprint density at radius 1 is 0.882 bits per heavy atom. The van der Waals surface area contributed by atoms with Gasteiger partial charge in [0, 0.05) is 6.92 Å². The lowest BCUT2D eigenvalue weighted by Gasteiger charge is -2.03. The molecule has 0 radical (unpaired) electrons. The minimum Gasteiger partial charge on any atom is -0.481 e. The molecule has 0 saturated carbocycles. The second kappa shape index (κ2) is 17.8. The van der Waals surface area contributed by atoms with Gasteiger partial charge in [-0.05, 0) is 25.9 Å². The summed E-state index contributed by atoms with van der Waals surface area (Å²) in [6.07, 6.45) is 11.0. The SMILES string of the molecule is CC(=O)O.CCCCCCNCCCCCC. The number of hydrogen-bond donors (Lipinski definition) is 2. The van der Waals surface area contributed by atoms with Crippen LogP contribution < -0.4 is 5.32 Å². The molecule has 0 aromatic carbocycles. The monoisotopic (exact) mass is 245 g/mol. The van der Waals surface area contributed by atoms with Crippen LogP contribution in [0.3, 0.4) is 0 Å². The van der Waals surface area contributed by atoms with E-state index in [0.717, 1.165) is 6.92 Å². The van der Waals surface area contributed by atoms with Crippen molar-refractivity contribution in [3.05, 3.63) is 0 Å². The number of hydrogen-bond acceptors (Lipinski definition) is 2. The van der Waals surface area contributed by atoms with Crippen LogP contribution in [0.4, 0.5) is 0 Å². The quantitative estimate of drug-likeness (QED) is 0.575. The lowest BCUT2D eigenvalue weighted by Crippen LogP contribution is -2.16. The fraction of sp³-hybridized carbons (Fsp3) is 0.929. The van der Waals surface area contributed by atoms with Gasteiger partial charge in [0.05, 0.1) is 0 Å². The van der Waals surface area contributed by atoms with Crippen molar-refractivity contribution in [1.82, 2.24) is 5.32 Å². The van der Waals surface area contributed by atoms with E-state index in [4.69, 9.17) is 9.90 Å². The molecule has 0 rings (SSSR count). The first-order valence-electron chi connectivity index (χ1n) is 7.05. The zero-order valence-electron chi connectivity index (χ0n) is 11.9. The Bertz CT molecular complexity index is 135. The second-order valence-corrected chi connectivity index (χ2v) is 4.39. The number of aliphatic carboxylic acids is 1. The number of carbonyl (C=O) groups is 1. The maximum Gasteiger partial charge on any atom is 0.300 e. The molecule has 0 amide bonds. The van der Waals surface area contributed by atoms with Crippen LogP contribution in [0.5, 0.6) is 0 Å². The van der Waals surface area contributed by atoms with E-state index < -0.39 is 5.97 Å². The summed E-state index contributed by atoms with van der Waals surface area (Å²) in [6, 6.07) is 0. The Hall–Kier alpha value is -0.570. The molecule has 0 unspecified atom stereocenters. The average Bonchev–Trinajstić information content (AvgIpc) is 2.26. The minimum atomic E-state index is -0.833. The number of carboxylic acids is 1.